The summed E-state index contributed by atoms with van der Waals surface area (Å²) in [5, 5.41) is -1.09. The summed E-state index contributed by atoms with van der Waals surface area (Å²) in [4.78, 5) is 0. The Balaban J connectivity index is 2.68. The molecule has 0 bridgehead atoms. The van der Waals surface area contributed by atoms with Crippen molar-refractivity contribution in [3.05, 3.63) is 34.9 Å². The maximum Gasteiger partial charge on any atom is 0.402 e. The summed E-state index contributed by atoms with van der Waals surface area (Å²) in [5.74, 6) is 0.200. The Kier molecular flexibility index (Phi) is 5.16. The molecule has 0 aliphatic carbocycles. The van der Waals surface area contributed by atoms with E-state index in [2.05, 4.69) is 0 Å². The summed E-state index contributed by atoms with van der Waals surface area (Å²) in [6.07, 6.45) is -4.29. The first-order valence-corrected chi connectivity index (χ1v) is 6.42. The van der Waals surface area contributed by atoms with Crippen molar-refractivity contribution in [2.24, 2.45) is 5.73 Å². The highest BCUT2D eigenvalue weighted by Crippen LogP contribution is 2.35. The van der Waals surface area contributed by atoms with Crippen molar-refractivity contribution in [3.8, 4) is 0 Å². The minimum absolute atomic E-state index is 0.200. The number of benzene rings is 1. The summed E-state index contributed by atoms with van der Waals surface area (Å²) in [7, 11) is 0. The van der Waals surface area contributed by atoms with Crippen molar-refractivity contribution in [3.63, 3.8) is 0 Å². The highest BCUT2D eigenvalue weighted by atomic mass is 35.5. The number of hydrogen-bond acceptors (Lipinski definition) is 2. The predicted octanol–water partition coefficient (Wildman–Crippen LogP) is 3.85. The lowest BCUT2D eigenvalue weighted by Gasteiger charge is -2.23. The summed E-state index contributed by atoms with van der Waals surface area (Å²) in [6.45, 7) is 1.36. The number of rotatable bonds is 4. The predicted molar refractivity (Wildman–Crippen MR) is 66.2 cm³/mol. The largest absolute Gasteiger partial charge is 0.402 e. The Morgan fingerprint density at radius 2 is 1.94 bits per heavy atom. The molecule has 0 radical (unpaired) electrons. The van der Waals surface area contributed by atoms with Crippen molar-refractivity contribution >= 4 is 23.4 Å². The smallest absolute Gasteiger partial charge is 0.327 e. The van der Waals surface area contributed by atoms with Crippen LogP contribution in [0.15, 0.2) is 24.3 Å². The van der Waals surface area contributed by atoms with Gasteiger partial charge in [-0.2, -0.15) is 13.2 Å². The van der Waals surface area contributed by atoms with Crippen LogP contribution in [0.4, 0.5) is 13.2 Å². The molecule has 0 spiro atoms. The molecule has 0 amide bonds. The molecule has 0 aliphatic heterocycles. The molecular weight excluding hydrogens is 271 g/mol. The van der Waals surface area contributed by atoms with Gasteiger partial charge in [-0.1, -0.05) is 29.8 Å². The van der Waals surface area contributed by atoms with Crippen LogP contribution in [0, 0.1) is 0 Å². The molecule has 96 valence electrons. The van der Waals surface area contributed by atoms with Crippen LogP contribution in [-0.4, -0.2) is 17.5 Å². The minimum Gasteiger partial charge on any atom is -0.327 e. The highest BCUT2D eigenvalue weighted by Gasteiger charge is 2.42. The third-order valence-corrected chi connectivity index (χ3v) is 4.08. The van der Waals surface area contributed by atoms with Gasteiger partial charge in [0.1, 0.15) is 5.25 Å². The monoisotopic (exact) mass is 283 g/mol. The molecule has 1 aromatic carbocycles. The first-order valence-electron chi connectivity index (χ1n) is 4.99. The molecule has 0 fully saturated rings. The van der Waals surface area contributed by atoms with Crippen LogP contribution in [0.2, 0.25) is 5.02 Å². The molecular formula is C11H13ClF3NS. The average Bonchev–Trinajstić information content (AvgIpc) is 2.18. The summed E-state index contributed by atoms with van der Waals surface area (Å²) in [6, 6.07) is 5.91. The molecule has 0 saturated carbocycles. The molecule has 2 N–H and O–H groups in total. The van der Waals surface area contributed by atoms with Crippen LogP contribution in [-0.2, 0) is 5.75 Å². The van der Waals surface area contributed by atoms with E-state index >= 15 is 0 Å². The van der Waals surface area contributed by atoms with Crippen LogP contribution in [0.5, 0.6) is 0 Å². The van der Waals surface area contributed by atoms with Gasteiger partial charge >= 0.3 is 6.18 Å². The van der Waals surface area contributed by atoms with Gasteiger partial charge in [-0.05, 0) is 18.6 Å². The first-order chi connectivity index (χ1) is 7.82. The van der Waals surface area contributed by atoms with Crippen LogP contribution < -0.4 is 5.73 Å². The Hall–Kier alpha value is -0.390. The molecule has 2 unspecified atom stereocenters. The molecule has 1 nitrogen and oxygen atoms in total. The van der Waals surface area contributed by atoms with E-state index in [-0.39, 0.29) is 5.75 Å². The molecule has 6 heteroatoms. The number of hydrogen-bond donors (Lipinski definition) is 1. The molecule has 0 heterocycles. The lowest BCUT2D eigenvalue weighted by molar-refractivity contribution is -0.131. The zero-order valence-electron chi connectivity index (χ0n) is 9.17. The maximum atomic E-state index is 12.6. The van der Waals surface area contributed by atoms with E-state index < -0.39 is 17.5 Å². The zero-order chi connectivity index (χ0) is 13.1. The van der Waals surface area contributed by atoms with Gasteiger partial charge in [0, 0.05) is 16.8 Å². The fraction of sp³-hybridized carbons (Fsp3) is 0.455. The first kappa shape index (κ1) is 14.7. The fourth-order valence-corrected chi connectivity index (χ4v) is 2.72. The highest BCUT2D eigenvalue weighted by molar-refractivity contribution is 7.99. The van der Waals surface area contributed by atoms with Gasteiger partial charge in [-0.25, -0.2) is 0 Å². The topological polar surface area (TPSA) is 26.0 Å². The van der Waals surface area contributed by atoms with Gasteiger partial charge in [0.2, 0.25) is 0 Å². The second-order valence-electron chi connectivity index (χ2n) is 3.72. The fourth-order valence-electron chi connectivity index (χ4n) is 1.34. The Morgan fingerprint density at radius 3 is 2.41 bits per heavy atom. The molecule has 0 aromatic heterocycles. The summed E-state index contributed by atoms with van der Waals surface area (Å²) < 4.78 is 37.9. The number of nitrogens with two attached hydrogens (primary N) is 1. The van der Waals surface area contributed by atoms with Crippen molar-refractivity contribution in [2.45, 2.75) is 30.1 Å². The van der Waals surface area contributed by atoms with Crippen LogP contribution in [0.1, 0.15) is 12.5 Å². The van der Waals surface area contributed by atoms with E-state index in [9.17, 15) is 13.2 Å². The second-order valence-corrected chi connectivity index (χ2v) is 5.26. The van der Waals surface area contributed by atoms with E-state index in [0.717, 1.165) is 11.8 Å². The number of halogens is 4. The van der Waals surface area contributed by atoms with Crippen LogP contribution in [0.25, 0.3) is 0 Å². The van der Waals surface area contributed by atoms with Crippen molar-refractivity contribution in [1.29, 1.82) is 0 Å². The molecule has 1 rings (SSSR count). The Morgan fingerprint density at radius 1 is 1.35 bits per heavy atom. The lowest BCUT2D eigenvalue weighted by atomic mass is 10.2. The van der Waals surface area contributed by atoms with Crippen molar-refractivity contribution in [1.82, 2.24) is 0 Å². The van der Waals surface area contributed by atoms with Crippen molar-refractivity contribution in [2.75, 3.05) is 0 Å². The minimum atomic E-state index is -4.29. The van der Waals surface area contributed by atoms with Gasteiger partial charge in [0.25, 0.3) is 0 Å². The van der Waals surface area contributed by atoms with Crippen LogP contribution >= 0.6 is 23.4 Å². The zero-order valence-corrected chi connectivity index (χ0v) is 10.7. The van der Waals surface area contributed by atoms with E-state index in [1.807, 2.05) is 0 Å². The van der Waals surface area contributed by atoms with E-state index in [1.165, 1.54) is 6.92 Å². The van der Waals surface area contributed by atoms with Gasteiger partial charge in [-0.3, -0.25) is 0 Å². The maximum absolute atomic E-state index is 12.6. The third-order valence-electron chi connectivity index (χ3n) is 2.18. The molecule has 1 aromatic rings. The molecule has 17 heavy (non-hydrogen) atoms. The third kappa shape index (κ3) is 4.41. The lowest BCUT2D eigenvalue weighted by Crippen LogP contribution is -2.40. The molecule has 0 saturated heterocycles. The number of alkyl halides is 3. The molecule has 2 atom stereocenters. The Bertz CT molecular complexity index is 368. The van der Waals surface area contributed by atoms with Crippen molar-refractivity contribution < 1.29 is 13.2 Å². The average molecular weight is 284 g/mol. The van der Waals surface area contributed by atoms with Gasteiger partial charge in [0.05, 0.1) is 0 Å². The van der Waals surface area contributed by atoms with Gasteiger partial charge in [-0.15, -0.1) is 11.8 Å². The van der Waals surface area contributed by atoms with E-state index in [1.54, 1.807) is 24.3 Å². The quantitative estimate of drug-likeness (QED) is 0.908. The second kappa shape index (κ2) is 5.98. The standard InChI is InChI=1S/C11H13ClF3NS/c1-7(16)10(11(13,14)15)17-6-8-4-2-3-5-9(8)12/h2-5,7,10H,6,16H2,1H3. The summed E-state index contributed by atoms with van der Waals surface area (Å²) in [5.41, 5.74) is 6.04. The van der Waals surface area contributed by atoms with Crippen LogP contribution in [0.3, 0.4) is 0 Å². The van der Waals surface area contributed by atoms with Gasteiger partial charge in [0.15, 0.2) is 0 Å². The molecule has 0 aliphatic rings. The van der Waals surface area contributed by atoms with E-state index in [4.69, 9.17) is 17.3 Å². The van der Waals surface area contributed by atoms with E-state index in [0.29, 0.717) is 10.6 Å². The number of thioether (sulfide) groups is 1. The summed E-state index contributed by atoms with van der Waals surface area (Å²) >= 11 is 6.65. The SMILES string of the molecule is CC(N)C(SCc1ccccc1Cl)C(F)(F)F. The normalized spacial score (nSPS) is 15.6. The Labute approximate surface area is 108 Å². The van der Waals surface area contributed by atoms with Gasteiger partial charge < -0.3 is 5.73 Å².